The summed E-state index contributed by atoms with van der Waals surface area (Å²) in [5.41, 5.74) is 1.71. The molecule has 0 radical (unpaired) electrons. The molecule has 2 fully saturated rings. The standard InChI is InChI=1S/C34H39BrN6O7/c1-4-14-47-19-34-17-25(32(45)39-31-20(2)10-13-27(35)38-31)37-30(34)24(34)9-7-5-6-8-15-48-33(46)36-22-11-12-23-26(16-22)41(18-28(43)44)40-29(23)21(3)42/h4,7,9-13,16,24-25,30,37H,1,5-6,8,14-15,17-19H2,2-3H3,(H,36,46)(H,43,44)(H,38,39,45)/b9-7-/t24-,25+,30?,34-/m1/s1. The number of carbonyl (C=O) groups excluding carboxylic acids is 3. The van der Waals surface area contributed by atoms with Gasteiger partial charge in [-0.1, -0.05) is 24.3 Å². The number of ketones is 1. The first-order valence-corrected chi connectivity index (χ1v) is 16.5. The van der Waals surface area contributed by atoms with E-state index >= 15 is 0 Å². The Labute approximate surface area is 286 Å². The average molecular weight is 724 g/mol. The number of aromatic nitrogens is 3. The fraction of sp³-hybridized carbons (Fsp3) is 0.412. The van der Waals surface area contributed by atoms with E-state index in [2.05, 4.69) is 60.7 Å². The van der Waals surface area contributed by atoms with E-state index in [0.29, 0.717) is 53.1 Å². The van der Waals surface area contributed by atoms with Crippen LogP contribution in [0.4, 0.5) is 16.3 Å². The molecule has 0 bridgehead atoms. The summed E-state index contributed by atoms with van der Waals surface area (Å²) in [6, 6.07) is 8.32. The largest absolute Gasteiger partial charge is 0.480 e. The molecule has 2 amide bonds. The number of nitrogens with one attached hydrogen (secondary N) is 3. The minimum atomic E-state index is -1.10. The number of carbonyl (C=O) groups is 4. The number of amides is 2. The van der Waals surface area contributed by atoms with Crippen LogP contribution in [0.15, 0.2) is 59.7 Å². The number of carboxylic acids is 1. The second-order valence-corrected chi connectivity index (χ2v) is 12.9. The number of piperidine rings is 1. The maximum atomic E-state index is 13.1. The number of Topliss-reactive ketones (excluding diaryl/α,β-unsaturated/α-hetero) is 1. The molecule has 1 aliphatic carbocycles. The molecule has 5 rings (SSSR count). The van der Waals surface area contributed by atoms with Crippen LogP contribution < -0.4 is 16.0 Å². The molecule has 1 aliphatic heterocycles. The summed E-state index contributed by atoms with van der Waals surface area (Å²) in [6.07, 6.45) is 8.34. The summed E-state index contributed by atoms with van der Waals surface area (Å²) in [6.45, 7) is 7.78. The first-order chi connectivity index (χ1) is 23.0. The Balaban J connectivity index is 1.06. The average Bonchev–Trinajstić information content (AvgIpc) is 3.28. The third kappa shape index (κ3) is 8.00. The van der Waals surface area contributed by atoms with E-state index in [1.54, 1.807) is 24.3 Å². The molecular weight excluding hydrogens is 684 g/mol. The van der Waals surface area contributed by atoms with Crippen LogP contribution in [0.25, 0.3) is 10.9 Å². The summed E-state index contributed by atoms with van der Waals surface area (Å²) in [5, 5.41) is 22.9. The van der Waals surface area contributed by atoms with Crippen LogP contribution in [-0.4, -0.2) is 75.5 Å². The second kappa shape index (κ2) is 15.2. The highest BCUT2D eigenvalue weighted by atomic mass is 79.9. The molecule has 48 heavy (non-hydrogen) atoms. The molecule has 1 aromatic carbocycles. The Bertz CT molecular complexity index is 1760. The molecule has 3 aromatic rings. The molecule has 1 saturated carbocycles. The number of carboxylic acid groups (broad SMARTS) is 1. The lowest BCUT2D eigenvalue weighted by Crippen LogP contribution is -2.39. The van der Waals surface area contributed by atoms with Gasteiger partial charge < -0.3 is 25.2 Å². The van der Waals surface area contributed by atoms with Crippen molar-refractivity contribution in [3.63, 3.8) is 0 Å². The van der Waals surface area contributed by atoms with Crippen LogP contribution in [0.3, 0.4) is 0 Å². The van der Waals surface area contributed by atoms with Crippen molar-refractivity contribution >= 4 is 62.1 Å². The zero-order valence-electron chi connectivity index (χ0n) is 26.8. The number of aliphatic carboxylic acids is 1. The maximum Gasteiger partial charge on any atom is 0.411 e. The van der Waals surface area contributed by atoms with Crippen molar-refractivity contribution in [3.05, 3.63) is 71.0 Å². The number of benzene rings is 1. The summed E-state index contributed by atoms with van der Waals surface area (Å²) in [5.74, 6) is -0.715. The molecule has 254 valence electrons. The van der Waals surface area contributed by atoms with Crippen molar-refractivity contribution in [1.82, 2.24) is 20.1 Å². The van der Waals surface area contributed by atoms with Crippen LogP contribution in [0.2, 0.25) is 0 Å². The van der Waals surface area contributed by atoms with Crippen molar-refractivity contribution in [2.45, 2.75) is 58.2 Å². The predicted molar refractivity (Wildman–Crippen MR) is 183 cm³/mol. The smallest absolute Gasteiger partial charge is 0.411 e. The first kappa shape index (κ1) is 34.9. The van der Waals surface area contributed by atoms with Gasteiger partial charge in [-0.15, -0.1) is 6.58 Å². The number of aryl methyl sites for hydroxylation is 1. The van der Waals surface area contributed by atoms with Crippen LogP contribution in [0, 0.1) is 18.3 Å². The predicted octanol–water partition coefficient (Wildman–Crippen LogP) is 5.25. The van der Waals surface area contributed by atoms with Crippen molar-refractivity contribution < 1.29 is 33.8 Å². The molecule has 4 atom stereocenters. The monoisotopic (exact) mass is 722 g/mol. The van der Waals surface area contributed by atoms with E-state index in [1.807, 2.05) is 19.1 Å². The summed E-state index contributed by atoms with van der Waals surface area (Å²) in [4.78, 5) is 53.0. The lowest BCUT2D eigenvalue weighted by atomic mass is 9.96. The topological polar surface area (TPSA) is 174 Å². The van der Waals surface area contributed by atoms with Gasteiger partial charge in [-0.3, -0.25) is 24.4 Å². The SMILES string of the molecule is C=CCOC[C@@]12C[C@@H](C(=O)Nc3nc(Br)ccc3C)NC1[C@H]2/C=C\CCCCOC(=O)Nc1ccc2c(C(C)=O)nn(CC(=O)O)c2c1. The highest BCUT2D eigenvalue weighted by molar-refractivity contribution is 9.10. The number of anilines is 2. The maximum absolute atomic E-state index is 13.1. The van der Waals surface area contributed by atoms with Crippen molar-refractivity contribution in [1.29, 1.82) is 0 Å². The zero-order chi connectivity index (χ0) is 34.4. The van der Waals surface area contributed by atoms with E-state index in [0.717, 1.165) is 18.4 Å². The lowest BCUT2D eigenvalue weighted by molar-refractivity contribution is -0.137. The normalized spacial score (nSPS) is 21.2. The van der Waals surface area contributed by atoms with Gasteiger partial charge in [-0.25, -0.2) is 9.78 Å². The number of pyridine rings is 1. The number of fused-ring (bicyclic) bond motifs is 2. The first-order valence-electron chi connectivity index (χ1n) is 15.7. The molecule has 1 saturated heterocycles. The fourth-order valence-electron chi connectivity index (χ4n) is 6.28. The van der Waals surface area contributed by atoms with E-state index in [-0.39, 0.29) is 47.4 Å². The van der Waals surface area contributed by atoms with Gasteiger partial charge in [0.2, 0.25) is 5.91 Å². The van der Waals surface area contributed by atoms with Crippen LogP contribution in [-0.2, 0) is 25.6 Å². The number of nitrogens with zero attached hydrogens (tertiary/aromatic N) is 3. The second-order valence-electron chi connectivity index (χ2n) is 12.1. The fourth-order valence-corrected chi connectivity index (χ4v) is 6.59. The highest BCUT2D eigenvalue weighted by Crippen LogP contribution is 2.61. The number of hydrogen-bond donors (Lipinski definition) is 4. The third-order valence-corrected chi connectivity index (χ3v) is 9.13. The number of ether oxygens (including phenoxy) is 2. The summed E-state index contributed by atoms with van der Waals surface area (Å²) in [7, 11) is 0. The molecule has 14 heteroatoms. The molecular formula is C34H39BrN6O7. The molecule has 13 nitrogen and oxygen atoms in total. The molecule has 0 spiro atoms. The number of allylic oxidation sites excluding steroid dienone is 1. The van der Waals surface area contributed by atoms with Crippen molar-refractivity contribution in [2.24, 2.45) is 11.3 Å². The number of hydrogen-bond acceptors (Lipinski definition) is 9. The quantitative estimate of drug-likeness (QED) is 0.0662. The molecule has 2 aliphatic rings. The highest BCUT2D eigenvalue weighted by Gasteiger charge is 2.69. The minimum absolute atomic E-state index is 0.113. The van der Waals surface area contributed by atoms with Crippen LogP contribution in [0.1, 0.15) is 48.7 Å². The van der Waals surface area contributed by atoms with Gasteiger partial charge in [0.15, 0.2) is 5.78 Å². The van der Waals surface area contributed by atoms with Gasteiger partial charge in [0.1, 0.15) is 22.7 Å². The van der Waals surface area contributed by atoms with E-state index < -0.39 is 18.6 Å². The van der Waals surface area contributed by atoms with E-state index in [4.69, 9.17) is 9.47 Å². The minimum Gasteiger partial charge on any atom is -0.480 e. The Morgan fingerprint density at radius 1 is 1.21 bits per heavy atom. The lowest BCUT2D eigenvalue weighted by Gasteiger charge is -2.19. The van der Waals surface area contributed by atoms with Crippen LogP contribution in [0.5, 0.6) is 0 Å². The van der Waals surface area contributed by atoms with E-state index in [1.165, 1.54) is 11.6 Å². The van der Waals surface area contributed by atoms with Gasteiger partial charge in [0.05, 0.1) is 31.4 Å². The molecule has 3 heterocycles. The zero-order valence-corrected chi connectivity index (χ0v) is 28.4. The third-order valence-electron chi connectivity index (χ3n) is 8.68. The van der Waals surface area contributed by atoms with Gasteiger partial charge >= 0.3 is 12.1 Å². The van der Waals surface area contributed by atoms with Gasteiger partial charge in [-0.2, -0.15) is 5.10 Å². The van der Waals surface area contributed by atoms with Crippen molar-refractivity contribution in [2.75, 3.05) is 30.5 Å². The van der Waals surface area contributed by atoms with Crippen molar-refractivity contribution in [3.8, 4) is 0 Å². The number of rotatable bonds is 16. The van der Waals surface area contributed by atoms with Gasteiger partial charge in [0, 0.05) is 35.4 Å². The van der Waals surface area contributed by atoms with Gasteiger partial charge in [0.25, 0.3) is 0 Å². The number of unbranched alkanes of at least 4 members (excludes halogenated alkanes) is 2. The Morgan fingerprint density at radius 3 is 2.77 bits per heavy atom. The molecule has 1 unspecified atom stereocenters. The Morgan fingerprint density at radius 2 is 2.02 bits per heavy atom. The molecule has 4 N–H and O–H groups in total. The van der Waals surface area contributed by atoms with Gasteiger partial charge in [-0.05, 0) is 78.4 Å². The Kier molecular flexibility index (Phi) is 11.1. The summed E-state index contributed by atoms with van der Waals surface area (Å²) >= 11 is 3.36. The van der Waals surface area contributed by atoms with E-state index in [9.17, 15) is 24.3 Å². The number of halogens is 1. The summed E-state index contributed by atoms with van der Waals surface area (Å²) < 4.78 is 13.1. The Hall–Kier alpha value is -4.40. The van der Waals surface area contributed by atoms with Crippen LogP contribution >= 0.6 is 15.9 Å². The molecule has 2 aromatic heterocycles.